The molecule has 1 amide bonds. The van der Waals surface area contributed by atoms with Gasteiger partial charge in [-0.15, -0.1) is 11.3 Å². The van der Waals surface area contributed by atoms with Crippen LogP contribution in [0.4, 0.5) is 0 Å². The number of amides is 1. The third-order valence-corrected chi connectivity index (χ3v) is 9.15. The van der Waals surface area contributed by atoms with E-state index in [2.05, 4.69) is 11.0 Å². The van der Waals surface area contributed by atoms with Crippen LogP contribution < -0.4 is 0 Å². The lowest BCUT2D eigenvalue weighted by atomic mass is 10.0. The predicted molar refractivity (Wildman–Crippen MR) is 113 cm³/mol. The highest BCUT2D eigenvalue weighted by atomic mass is 32.2. The Bertz CT molecular complexity index is 845. The molecule has 3 rings (SSSR count). The maximum Gasteiger partial charge on any atom is 0.252 e. The van der Waals surface area contributed by atoms with Gasteiger partial charge >= 0.3 is 0 Å². The quantitative estimate of drug-likeness (QED) is 0.679. The van der Waals surface area contributed by atoms with E-state index in [1.54, 1.807) is 16.4 Å². The molecule has 0 saturated carbocycles. The third-order valence-electron chi connectivity index (χ3n) is 5.70. The standard InChI is InChI=1S/C20H30N4O3S2/c1-16(2)18(15-21)22-10-12-23(13-11-22)19(25)14-17-6-7-20(28-17)29(26,27)24-8-4-3-5-9-24/h6-7,16,18H,3-5,8-14H2,1-2H3. The van der Waals surface area contributed by atoms with E-state index in [0.29, 0.717) is 43.5 Å². The number of carbonyl (C=O) groups is 1. The second-order valence-electron chi connectivity index (χ2n) is 8.10. The molecule has 0 N–H and O–H groups in total. The van der Waals surface area contributed by atoms with E-state index in [9.17, 15) is 18.5 Å². The summed E-state index contributed by atoms with van der Waals surface area (Å²) in [5.74, 6) is 0.278. The Labute approximate surface area is 177 Å². The van der Waals surface area contributed by atoms with E-state index in [-0.39, 0.29) is 24.3 Å². The molecule has 29 heavy (non-hydrogen) atoms. The van der Waals surface area contributed by atoms with Crippen molar-refractivity contribution in [2.45, 2.75) is 49.8 Å². The molecular weight excluding hydrogens is 408 g/mol. The number of hydrogen-bond donors (Lipinski definition) is 0. The van der Waals surface area contributed by atoms with Crippen molar-refractivity contribution in [2.24, 2.45) is 5.92 Å². The van der Waals surface area contributed by atoms with Gasteiger partial charge in [0.05, 0.1) is 12.5 Å². The molecule has 1 aromatic heterocycles. The van der Waals surface area contributed by atoms with Gasteiger partial charge in [0.25, 0.3) is 10.0 Å². The highest BCUT2D eigenvalue weighted by molar-refractivity contribution is 7.91. The maximum absolute atomic E-state index is 12.8. The molecule has 0 spiro atoms. The fraction of sp³-hybridized carbons (Fsp3) is 0.700. The summed E-state index contributed by atoms with van der Waals surface area (Å²) in [4.78, 5) is 17.4. The van der Waals surface area contributed by atoms with Crippen molar-refractivity contribution in [2.75, 3.05) is 39.3 Å². The molecule has 2 aliphatic rings. The van der Waals surface area contributed by atoms with Gasteiger partial charge in [-0.3, -0.25) is 9.69 Å². The van der Waals surface area contributed by atoms with Crippen molar-refractivity contribution in [3.05, 3.63) is 17.0 Å². The Morgan fingerprint density at radius 3 is 2.34 bits per heavy atom. The van der Waals surface area contributed by atoms with Gasteiger partial charge < -0.3 is 4.90 Å². The summed E-state index contributed by atoms with van der Waals surface area (Å²) in [6, 6.07) is 5.64. The van der Waals surface area contributed by atoms with Crippen LogP contribution in [0.25, 0.3) is 0 Å². The van der Waals surface area contributed by atoms with Crippen molar-refractivity contribution >= 4 is 27.3 Å². The zero-order valence-electron chi connectivity index (χ0n) is 17.2. The molecule has 3 heterocycles. The van der Waals surface area contributed by atoms with Gasteiger partial charge in [0.15, 0.2) is 0 Å². The van der Waals surface area contributed by atoms with Crippen LogP contribution in [0.2, 0.25) is 0 Å². The van der Waals surface area contributed by atoms with Gasteiger partial charge in [-0.25, -0.2) is 8.42 Å². The Morgan fingerprint density at radius 1 is 1.10 bits per heavy atom. The minimum Gasteiger partial charge on any atom is -0.340 e. The normalized spacial score (nSPS) is 20.6. The number of sulfonamides is 1. The van der Waals surface area contributed by atoms with E-state index in [4.69, 9.17) is 0 Å². The Balaban J connectivity index is 1.56. The molecule has 160 valence electrons. The Hall–Kier alpha value is -1.47. The molecule has 1 unspecified atom stereocenters. The number of thiophene rings is 1. The van der Waals surface area contributed by atoms with Crippen LogP contribution in [-0.2, 0) is 21.2 Å². The minimum atomic E-state index is -3.44. The molecule has 2 aliphatic heterocycles. The fourth-order valence-electron chi connectivity index (χ4n) is 3.99. The molecular formula is C20H30N4O3S2. The van der Waals surface area contributed by atoms with E-state index in [1.807, 2.05) is 18.7 Å². The number of piperidine rings is 1. The van der Waals surface area contributed by atoms with Crippen molar-refractivity contribution in [1.29, 1.82) is 5.26 Å². The second kappa shape index (κ2) is 9.56. The van der Waals surface area contributed by atoms with Gasteiger partial charge in [0, 0.05) is 44.1 Å². The van der Waals surface area contributed by atoms with Crippen LogP contribution in [0.3, 0.4) is 0 Å². The van der Waals surface area contributed by atoms with Crippen molar-refractivity contribution in [1.82, 2.24) is 14.1 Å². The molecule has 0 aromatic carbocycles. The third kappa shape index (κ3) is 5.18. The topological polar surface area (TPSA) is 84.7 Å². The molecule has 2 saturated heterocycles. The van der Waals surface area contributed by atoms with Gasteiger partial charge in [-0.2, -0.15) is 9.57 Å². The molecule has 0 radical (unpaired) electrons. The minimum absolute atomic E-state index is 0.0199. The first-order chi connectivity index (χ1) is 13.8. The van der Waals surface area contributed by atoms with Gasteiger partial charge in [0.2, 0.25) is 5.91 Å². The van der Waals surface area contributed by atoms with E-state index in [1.165, 1.54) is 11.3 Å². The second-order valence-corrected chi connectivity index (χ2v) is 11.4. The first kappa shape index (κ1) is 22.2. The predicted octanol–water partition coefficient (Wildman–Crippen LogP) is 2.16. The number of nitrogens with zero attached hydrogens (tertiary/aromatic N) is 4. The van der Waals surface area contributed by atoms with Gasteiger partial charge in [0.1, 0.15) is 10.3 Å². The van der Waals surface area contributed by atoms with Crippen molar-refractivity contribution < 1.29 is 13.2 Å². The lowest BCUT2D eigenvalue weighted by Crippen LogP contribution is -2.53. The monoisotopic (exact) mass is 438 g/mol. The average Bonchev–Trinajstić information content (AvgIpc) is 3.19. The largest absolute Gasteiger partial charge is 0.340 e. The average molecular weight is 439 g/mol. The van der Waals surface area contributed by atoms with Crippen molar-refractivity contribution in [3.63, 3.8) is 0 Å². The van der Waals surface area contributed by atoms with Crippen LogP contribution in [0.15, 0.2) is 16.3 Å². The first-order valence-corrected chi connectivity index (χ1v) is 12.6. The molecule has 9 heteroatoms. The molecule has 7 nitrogen and oxygen atoms in total. The number of carbonyl (C=O) groups excluding carboxylic acids is 1. The molecule has 0 bridgehead atoms. The Kier molecular flexibility index (Phi) is 7.32. The summed E-state index contributed by atoms with van der Waals surface area (Å²) in [6.07, 6.45) is 3.12. The number of rotatable bonds is 6. The van der Waals surface area contributed by atoms with E-state index in [0.717, 1.165) is 24.1 Å². The number of hydrogen-bond acceptors (Lipinski definition) is 6. The molecule has 2 fully saturated rings. The highest BCUT2D eigenvalue weighted by Gasteiger charge is 2.29. The van der Waals surface area contributed by atoms with E-state index >= 15 is 0 Å². The van der Waals surface area contributed by atoms with Crippen LogP contribution in [0.5, 0.6) is 0 Å². The number of nitriles is 1. The summed E-state index contributed by atoms with van der Waals surface area (Å²) in [5.41, 5.74) is 0. The smallest absolute Gasteiger partial charge is 0.252 e. The SMILES string of the molecule is CC(C)C(C#N)N1CCN(C(=O)Cc2ccc(S(=O)(=O)N3CCCCC3)s2)CC1. The summed E-state index contributed by atoms with van der Waals surface area (Å²) in [5, 5.41) is 9.36. The zero-order chi connectivity index (χ0) is 21.0. The first-order valence-electron chi connectivity index (χ1n) is 10.3. The van der Waals surface area contributed by atoms with Crippen molar-refractivity contribution in [3.8, 4) is 6.07 Å². The molecule has 1 atom stereocenters. The van der Waals surface area contributed by atoms with Crippen LogP contribution >= 0.6 is 11.3 Å². The van der Waals surface area contributed by atoms with E-state index < -0.39 is 10.0 Å². The lowest BCUT2D eigenvalue weighted by molar-refractivity contribution is -0.132. The fourth-order valence-corrected chi connectivity index (χ4v) is 7.01. The zero-order valence-corrected chi connectivity index (χ0v) is 18.8. The van der Waals surface area contributed by atoms with Crippen LogP contribution in [-0.4, -0.2) is 73.7 Å². The molecule has 1 aromatic rings. The van der Waals surface area contributed by atoms with Gasteiger partial charge in [-0.1, -0.05) is 20.3 Å². The van der Waals surface area contributed by atoms with Crippen LogP contribution in [0, 0.1) is 17.2 Å². The Morgan fingerprint density at radius 2 is 1.76 bits per heavy atom. The summed E-state index contributed by atoms with van der Waals surface area (Å²) in [6.45, 7) is 7.84. The lowest BCUT2D eigenvalue weighted by Gasteiger charge is -2.38. The van der Waals surface area contributed by atoms with Gasteiger partial charge in [-0.05, 0) is 30.9 Å². The van der Waals surface area contributed by atoms with Crippen LogP contribution in [0.1, 0.15) is 38.0 Å². The summed E-state index contributed by atoms with van der Waals surface area (Å²) >= 11 is 1.21. The summed E-state index contributed by atoms with van der Waals surface area (Å²) < 4.78 is 27.5. The summed E-state index contributed by atoms with van der Waals surface area (Å²) in [7, 11) is -3.44. The highest BCUT2D eigenvalue weighted by Crippen LogP contribution is 2.27. The maximum atomic E-state index is 12.8. The molecule has 0 aliphatic carbocycles. The number of piperazine rings is 1.